The highest BCUT2D eigenvalue weighted by atomic mass is 127. The van der Waals surface area contributed by atoms with Crippen LogP contribution in [0.3, 0.4) is 0 Å². The van der Waals surface area contributed by atoms with Gasteiger partial charge in [-0.15, -0.1) is 0 Å². The molecule has 0 aromatic heterocycles. The number of halogens is 1. The molecule has 2 N–H and O–H groups in total. The number of carbonyl (C=O) groups excluding carboxylic acids is 4. The van der Waals surface area contributed by atoms with Gasteiger partial charge in [0.2, 0.25) is 3.79 Å². The van der Waals surface area contributed by atoms with Crippen LogP contribution in [0, 0.1) is 5.41 Å². The van der Waals surface area contributed by atoms with E-state index in [-0.39, 0.29) is 3.79 Å². The Morgan fingerprint density at radius 1 is 1.04 bits per heavy atom. The van der Waals surface area contributed by atoms with Crippen molar-refractivity contribution in [3.8, 4) is 0 Å². The van der Waals surface area contributed by atoms with E-state index in [0.29, 0.717) is 11.4 Å². The molecule has 0 fully saturated rings. The molecular weight excluding hydrogens is 437 g/mol. The van der Waals surface area contributed by atoms with Gasteiger partial charge in [-0.05, 0) is 29.7 Å². The average Bonchev–Trinajstić information content (AvgIpc) is 2.83. The lowest BCUT2D eigenvalue weighted by atomic mass is 9.88. The summed E-state index contributed by atoms with van der Waals surface area (Å²) < 4.78 is -0.158. The maximum atomic E-state index is 12.1. The van der Waals surface area contributed by atoms with E-state index in [1.807, 2.05) is 20.8 Å². The van der Waals surface area contributed by atoms with E-state index in [4.69, 9.17) is 0 Å². The number of hydrogen-bond donors (Lipinski definition) is 2. The number of anilines is 2. The first-order valence-corrected chi connectivity index (χ1v) is 8.60. The first-order valence-electron chi connectivity index (χ1n) is 7.52. The van der Waals surface area contributed by atoms with Crippen LogP contribution in [0.1, 0.15) is 20.8 Å². The van der Waals surface area contributed by atoms with Gasteiger partial charge in [-0.1, -0.05) is 20.8 Å². The number of urea groups is 1. The van der Waals surface area contributed by atoms with E-state index < -0.39 is 29.3 Å². The molecule has 1 atom stereocenters. The number of benzene rings is 1. The Hall–Kier alpha value is -2.23. The standard InChI is InChI=1S/C17H18IN3O4/c1-17(2,3)14(15(18)24)20-16(25)19-10-4-6-11(7-5-10)21-12(22)8-9-13(21)23/h4-9,14H,1-3H3,(H2,19,20,25). The van der Waals surface area contributed by atoms with E-state index in [1.165, 1.54) is 12.2 Å². The Balaban J connectivity index is 2.04. The zero-order valence-electron chi connectivity index (χ0n) is 14.0. The number of carbonyl (C=O) groups is 4. The Morgan fingerprint density at radius 3 is 2.00 bits per heavy atom. The average molecular weight is 455 g/mol. The summed E-state index contributed by atoms with van der Waals surface area (Å²) in [5.74, 6) is -0.811. The highest BCUT2D eigenvalue weighted by Gasteiger charge is 2.31. The minimum Gasteiger partial charge on any atom is -0.327 e. The van der Waals surface area contributed by atoms with E-state index in [9.17, 15) is 19.2 Å². The van der Waals surface area contributed by atoms with E-state index in [1.54, 1.807) is 46.9 Å². The summed E-state index contributed by atoms with van der Waals surface area (Å²) in [4.78, 5) is 48.1. The van der Waals surface area contributed by atoms with Gasteiger partial charge in [-0.25, -0.2) is 9.69 Å². The van der Waals surface area contributed by atoms with Crippen molar-refractivity contribution in [3.05, 3.63) is 36.4 Å². The van der Waals surface area contributed by atoms with Gasteiger partial charge in [0.1, 0.15) is 6.04 Å². The van der Waals surface area contributed by atoms with Crippen molar-refractivity contribution in [1.29, 1.82) is 0 Å². The van der Waals surface area contributed by atoms with E-state index >= 15 is 0 Å². The number of rotatable bonds is 4. The van der Waals surface area contributed by atoms with Gasteiger partial charge in [-0.2, -0.15) is 0 Å². The Bertz CT molecular complexity index is 732. The molecule has 1 aliphatic heterocycles. The summed E-state index contributed by atoms with van der Waals surface area (Å²) >= 11 is 1.67. The second-order valence-electron chi connectivity index (χ2n) is 6.59. The normalized spacial score (nSPS) is 15.3. The van der Waals surface area contributed by atoms with Crippen molar-refractivity contribution >= 4 is 55.6 Å². The molecule has 1 aromatic carbocycles. The molecule has 7 nitrogen and oxygen atoms in total. The fourth-order valence-corrected chi connectivity index (χ4v) is 3.35. The molecule has 0 bridgehead atoms. The van der Waals surface area contributed by atoms with Gasteiger partial charge < -0.3 is 10.6 Å². The maximum absolute atomic E-state index is 12.1. The molecule has 1 heterocycles. The smallest absolute Gasteiger partial charge is 0.319 e. The van der Waals surface area contributed by atoms with Crippen LogP contribution in [0.4, 0.5) is 16.2 Å². The zero-order valence-corrected chi connectivity index (χ0v) is 16.2. The molecule has 4 amide bonds. The molecule has 1 aromatic rings. The Labute approximate surface area is 159 Å². The third kappa shape index (κ3) is 4.65. The summed E-state index contributed by atoms with van der Waals surface area (Å²) in [6.07, 6.45) is 2.41. The summed E-state index contributed by atoms with van der Waals surface area (Å²) in [7, 11) is 0. The largest absolute Gasteiger partial charge is 0.327 e. The van der Waals surface area contributed by atoms with Crippen molar-refractivity contribution in [2.24, 2.45) is 5.41 Å². The third-order valence-electron chi connectivity index (χ3n) is 3.56. The molecule has 8 heteroatoms. The minimum absolute atomic E-state index is 0.158. The van der Waals surface area contributed by atoms with E-state index in [0.717, 1.165) is 4.90 Å². The highest BCUT2D eigenvalue weighted by Crippen LogP contribution is 2.23. The topological polar surface area (TPSA) is 95.6 Å². The highest BCUT2D eigenvalue weighted by molar-refractivity contribution is 14.1. The predicted octanol–water partition coefficient (Wildman–Crippen LogP) is 2.61. The first-order chi connectivity index (χ1) is 11.6. The van der Waals surface area contributed by atoms with Crippen LogP contribution in [0.25, 0.3) is 0 Å². The van der Waals surface area contributed by atoms with Crippen LogP contribution in [-0.2, 0) is 14.4 Å². The van der Waals surface area contributed by atoms with Crippen molar-refractivity contribution in [3.63, 3.8) is 0 Å². The lowest BCUT2D eigenvalue weighted by Crippen LogP contribution is -2.48. The quantitative estimate of drug-likeness (QED) is 0.415. The molecule has 1 aliphatic rings. The van der Waals surface area contributed by atoms with Crippen LogP contribution in [-0.4, -0.2) is 27.7 Å². The zero-order chi connectivity index (χ0) is 18.8. The monoisotopic (exact) mass is 455 g/mol. The van der Waals surface area contributed by atoms with Crippen molar-refractivity contribution < 1.29 is 19.2 Å². The Morgan fingerprint density at radius 2 is 1.56 bits per heavy atom. The molecule has 25 heavy (non-hydrogen) atoms. The number of nitrogens with zero attached hydrogens (tertiary/aromatic N) is 1. The van der Waals surface area contributed by atoms with Crippen molar-refractivity contribution in [2.75, 3.05) is 10.2 Å². The number of imide groups is 1. The fraction of sp³-hybridized carbons (Fsp3) is 0.294. The molecule has 0 spiro atoms. The van der Waals surface area contributed by atoms with Gasteiger partial charge in [0.25, 0.3) is 11.8 Å². The summed E-state index contributed by atoms with van der Waals surface area (Å²) in [6, 6.07) is 5.13. The molecule has 0 saturated heterocycles. The summed E-state index contributed by atoms with van der Waals surface area (Å²) in [5.41, 5.74) is 0.478. The number of amides is 4. The van der Waals surface area contributed by atoms with Gasteiger partial charge in [0.15, 0.2) is 0 Å². The predicted molar refractivity (Wildman–Crippen MR) is 102 cm³/mol. The fourth-order valence-electron chi connectivity index (χ4n) is 2.26. The number of hydrogen-bond acceptors (Lipinski definition) is 4. The third-order valence-corrected chi connectivity index (χ3v) is 4.18. The van der Waals surface area contributed by atoms with Crippen LogP contribution in [0.2, 0.25) is 0 Å². The van der Waals surface area contributed by atoms with Gasteiger partial charge in [-0.3, -0.25) is 14.4 Å². The lowest BCUT2D eigenvalue weighted by molar-refractivity contribution is -0.120. The maximum Gasteiger partial charge on any atom is 0.319 e. The molecule has 0 aliphatic carbocycles. The van der Waals surface area contributed by atoms with Gasteiger partial charge in [0, 0.05) is 40.4 Å². The lowest BCUT2D eigenvalue weighted by Gasteiger charge is -2.28. The van der Waals surface area contributed by atoms with E-state index in [2.05, 4.69) is 10.6 Å². The molecule has 132 valence electrons. The second-order valence-corrected chi connectivity index (χ2v) is 7.66. The molecule has 1 unspecified atom stereocenters. The van der Waals surface area contributed by atoms with Crippen LogP contribution in [0.15, 0.2) is 36.4 Å². The van der Waals surface area contributed by atoms with Crippen molar-refractivity contribution in [1.82, 2.24) is 5.32 Å². The summed E-state index contributed by atoms with van der Waals surface area (Å²) in [6.45, 7) is 5.59. The van der Waals surface area contributed by atoms with Gasteiger partial charge >= 0.3 is 6.03 Å². The Kier molecular flexibility index (Phi) is 5.61. The minimum atomic E-state index is -0.627. The first kappa shape index (κ1) is 19.1. The summed E-state index contributed by atoms with van der Waals surface area (Å²) in [5, 5.41) is 5.28. The SMILES string of the molecule is CC(C)(C)C(NC(=O)Nc1ccc(N2C(=O)C=CC2=O)cc1)C(=O)I. The second kappa shape index (κ2) is 7.34. The van der Waals surface area contributed by atoms with Crippen LogP contribution >= 0.6 is 22.6 Å². The van der Waals surface area contributed by atoms with Gasteiger partial charge in [0.05, 0.1) is 5.69 Å². The van der Waals surface area contributed by atoms with Crippen molar-refractivity contribution in [2.45, 2.75) is 26.8 Å². The van der Waals surface area contributed by atoms with Crippen LogP contribution in [0.5, 0.6) is 0 Å². The molecule has 2 rings (SSSR count). The molecule has 0 radical (unpaired) electrons. The number of nitrogens with one attached hydrogen (secondary N) is 2. The molecular formula is C17H18IN3O4. The molecule has 0 saturated carbocycles. The van der Waals surface area contributed by atoms with Crippen LogP contribution < -0.4 is 15.5 Å².